The molecule has 0 aromatic rings. The van der Waals surface area contributed by atoms with Gasteiger partial charge in [0.2, 0.25) is 17.7 Å². The van der Waals surface area contributed by atoms with Gasteiger partial charge in [0, 0.05) is 71.6 Å². The van der Waals surface area contributed by atoms with Crippen LogP contribution in [0.1, 0.15) is 246 Å². The van der Waals surface area contributed by atoms with Crippen LogP contribution in [-0.2, 0) is 14.4 Å². The second-order valence-electron chi connectivity index (χ2n) is 17.5. The normalized spacial score (nSPS) is 11.5. The van der Waals surface area contributed by atoms with E-state index in [1.807, 2.05) is 0 Å². The summed E-state index contributed by atoms with van der Waals surface area (Å²) in [5.74, 6) is 0.360. The molecule has 3 N–H and O–H groups in total. The van der Waals surface area contributed by atoms with Crippen molar-refractivity contribution in [2.45, 2.75) is 246 Å². The molecule has 0 spiro atoms. The lowest BCUT2D eigenvalue weighted by molar-refractivity contribution is -0.122. The fourth-order valence-electron chi connectivity index (χ4n) is 7.83. The molecule has 0 fully saturated rings. The topological polar surface area (TPSA) is 93.8 Å². The Kier molecular flexibility index (Phi) is 45.1. The number of carbonyl (C=O) groups excluding carboxylic acids is 3. The number of unbranched alkanes of at least 4 members (excludes halogenated alkanes) is 27. The van der Waals surface area contributed by atoms with Crippen molar-refractivity contribution in [3.05, 3.63) is 0 Å². The van der Waals surface area contributed by atoms with Gasteiger partial charge in [0.15, 0.2) is 0 Å². The number of hydrogen-bond donors (Lipinski definition) is 3. The molecule has 0 aliphatic carbocycles. The SMILES string of the molecule is CCCCCCCCCCCCNC(=O)CCN(CCC)CCN(CCC(=O)NCCCCCCCCCCCC)CCC(=O)NCCCCCCCCCCCC. The van der Waals surface area contributed by atoms with Gasteiger partial charge in [0.1, 0.15) is 0 Å². The number of nitrogens with zero attached hydrogens (tertiary/aromatic N) is 2. The Labute approximate surface area is 361 Å². The molecule has 3 amide bonds. The second-order valence-corrected chi connectivity index (χ2v) is 17.5. The number of amides is 3. The number of nitrogens with one attached hydrogen (secondary N) is 3. The van der Waals surface area contributed by atoms with E-state index in [1.165, 1.54) is 173 Å². The first-order valence-corrected chi connectivity index (χ1v) is 25.7. The molecule has 58 heavy (non-hydrogen) atoms. The predicted octanol–water partition coefficient (Wildman–Crippen LogP) is 12.3. The van der Waals surface area contributed by atoms with Gasteiger partial charge >= 0.3 is 0 Å². The van der Waals surface area contributed by atoms with Gasteiger partial charge in [-0.05, 0) is 32.2 Å². The van der Waals surface area contributed by atoms with Crippen LogP contribution in [0.4, 0.5) is 0 Å². The fraction of sp³-hybridized carbons (Fsp3) is 0.940. The lowest BCUT2D eigenvalue weighted by Gasteiger charge is -2.27. The van der Waals surface area contributed by atoms with Crippen LogP contribution in [-0.4, -0.2) is 86.4 Å². The zero-order valence-electron chi connectivity index (χ0n) is 39.5. The van der Waals surface area contributed by atoms with Gasteiger partial charge in [0.05, 0.1) is 0 Å². The summed E-state index contributed by atoms with van der Waals surface area (Å²) in [5.41, 5.74) is 0. The largest absolute Gasteiger partial charge is 0.356 e. The van der Waals surface area contributed by atoms with Crippen LogP contribution in [0.5, 0.6) is 0 Å². The van der Waals surface area contributed by atoms with Crippen LogP contribution in [0.2, 0.25) is 0 Å². The van der Waals surface area contributed by atoms with Gasteiger partial charge in [-0.3, -0.25) is 14.4 Å². The van der Waals surface area contributed by atoms with Gasteiger partial charge in [-0.1, -0.05) is 201 Å². The van der Waals surface area contributed by atoms with Crippen LogP contribution in [0.25, 0.3) is 0 Å². The molecule has 8 heteroatoms. The molecule has 0 aromatic carbocycles. The van der Waals surface area contributed by atoms with Gasteiger partial charge in [-0.15, -0.1) is 0 Å². The number of carbonyl (C=O) groups is 3. The zero-order valence-corrected chi connectivity index (χ0v) is 39.5. The highest BCUT2D eigenvalue weighted by atomic mass is 16.2. The van der Waals surface area contributed by atoms with Crippen LogP contribution in [0, 0.1) is 0 Å². The Morgan fingerprint density at radius 3 is 0.741 bits per heavy atom. The average molecular weight is 820 g/mol. The van der Waals surface area contributed by atoms with Crippen molar-refractivity contribution >= 4 is 17.7 Å². The summed E-state index contributed by atoms with van der Waals surface area (Å²) in [6.07, 6.45) is 41.3. The van der Waals surface area contributed by atoms with E-state index in [2.05, 4.69) is 53.4 Å². The summed E-state index contributed by atoms with van der Waals surface area (Å²) >= 11 is 0. The highest BCUT2D eigenvalue weighted by molar-refractivity contribution is 5.77. The van der Waals surface area contributed by atoms with Crippen molar-refractivity contribution in [3.63, 3.8) is 0 Å². The Bertz CT molecular complexity index is 845. The maximum Gasteiger partial charge on any atom is 0.221 e. The minimum Gasteiger partial charge on any atom is -0.356 e. The Morgan fingerprint density at radius 2 is 0.500 bits per heavy atom. The average Bonchev–Trinajstić information content (AvgIpc) is 3.22. The summed E-state index contributed by atoms with van der Waals surface area (Å²) in [4.78, 5) is 43.0. The molecule has 0 heterocycles. The van der Waals surface area contributed by atoms with Crippen molar-refractivity contribution in [2.75, 3.05) is 58.9 Å². The lowest BCUT2D eigenvalue weighted by Crippen LogP contribution is -2.40. The predicted molar refractivity (Wildman–Crippen MR) is 252 cm³/mol. The Hall–Kier alpha value is -1.67. The molecule has 0 saturated heterocycles. The van der Waals surface area contributed by atoms with Gasteiger partial charge in [-0.25, -0.2) is 0 Å². The molecule has 0 aliphatic rings. The van der Waals surface area contributed by atoms with E-state index in [9.17, 15) is 14.4 Å². The van der Waals surface area contributed by atoms with Crippen LogP contribution >= 0.6 is 0 Å². The number of rotatable bonds is 47. The van der Waals surface area contributed by atoms with Crippen molar-refractivity contribution < 1.29 is 14.4 Å². The molecule has 0 rings (SSSR count). The second kappa shape index (κ2) is 46.4. The molecule has 344 valence electrons. The maximum absolute atomic E-state index is 12.8. The highest BCUT2D eigenvalue weighted by Gasteiger charge is 2.14. The summed E-state index contributed by atoms with van der Waals surface area (Å²) in [6, 6.07) is 0. The molecule has 0 aliphatic heterocycles. The summed E-state index contributed by atoms with van der Waals surface area (Å²) in [7, 11) is 0. The molecule has 8 nitrogen and oxygen atoms in total. The third kappa shape index (κ3) is 42.5. The smallest absolute Gasteiger partial charge is 0.221 e. The van der Waals surface area contributed by atoms with E-state index in [0.29, 0.717) is 32.4 Å². The third-order valence-corrected chi connectivity index (χ3v) is 11.8. The van der Waals surface area contributed by atoms with Gasteiger partial charge in [0.25, 0.3) is 0 Å². The van der Waals surface area contributed by atoms with Crippen LogP contribution in [0.3, 0.4) is 0 Å². The van der Waals surface area contributed by atoms with Crippen molar-refractivity contribution in [3.8, 4) is 0 Å². The molecule has 0 radical (unpaired) electrons. The maximum atomic E-state index is 12.8. The fourth-order valence-corrected chi connectivity index (χ4v) is 7.83. The highest BCUT2D eigenvalue weighted by Crippen LogP contribution is 2.13. The van der Waals surface area contributed by atoms with E-state index in [-0.39, 0.29) is 17.7 Å². The molecular formula is C50H101N5O3. The summed E-state index contributed by atoms with van der Waals surface area (Å²) in [5, 5.41) is 9.46. The third-order valence-electron chi connectivity index (χ3n) is 11.8. The van der Waals surface area contributed by atoms with E-state index in [0.717, 1.165) is 71.5 Å². The Morgan fingerprint density at radius 1 is 0.276 bits per heavy atom. The van der Waals surface area contributed by atoms with Crippen LogP contribution < -0.4 is 16.0 Å². The first-order valence-electron chi connectivity index (χ1n) is 25.7. The monoisotopic (exact) mass is 820 g/mol. The zero-order chi connectivity index (χ0) is 42.4. The van der Waals surface area contributed by atoms with Crippen molar-refractivity contribution in [2.24, 2.45) is 0 Å². The first-order chi connectivity index (χ1) is 28.5. The van der Waals surface area contributed by atoms with E-state index in [4.69, 9.17) is 0 Å². The first kappa shape index (κ1) is 56.3. The summed E-state index contributed by atoms with van der Waals surface area (Å²) < 4.78 is 0. The lowest BCUT2D eigenvalue weighted by atomic mass is 10.1. The minimum atomic E-state index is 0.107. The van der Waals surface area contributed by atoms with E-state index < -0.39 is 0 Å². The van der Waals surface area contributed by atoms with Gasteiger partial charge in [-0.2, -0.15) is 0 Å². The molecular weight excluding hydrogens is 719 g/mol. The molecule has 0 unspecified atom stereocenters. The van der Waals surface area contributed by atoms with Gasteiger partial charge < -0.3 is 25.8 Å². The molecule has 0 saturated carbocycles. The quantitative estimate of drug-likeness (QED) is 0.0532. The molecule has 0 aromatic heterocycles. The van der Waals surface area contributed by atoms with Crippen molar-refractivity contribution in [1.29, 1.82) is 0 Å². The standard InChI is InChI=1S/C50H101N5O3/c1-5-9-12-15-18-21-24-27-30-33-39-51-48(56)36-43-54(42-8-4)46-47-55(44-37-49(57)52-40-34-31-28-25-22-19-16-13-10-6-2)45-38-50(58)53-41-35-32-29-26-23-20-17-14-11-7-3/h5-47H2,1-4H3,(H,51,56)(H,52,57)(H,53,58). The van der Waals surface area contributed by atoms with Crippen molar-refractivity contribution in [1.82, 2.24) is 25.8 Å². The minimum absolute atomic E-state index is 0.107. The van der Waals surface area contributed by atoms with E-state index >= 15 is 0 Å². The van der Waals surface area contributed by atoms with E-state index in [1.54, 1.807) is 0 Å². The number of hydrogen-bond acceptors (Lipinski definition) is 5. The Balaban J connectivity index is 4.61. The molecule has 0 atom stereocenters. The summed E-state index contributed by atoms with van der Waals surface area (Å²) in [6.45, 7) is 15.9. The van der Waals surface area contributed by atoms with Crippen LogP contribution in [0.15, 0.2) is 0 Å². The molecule has 0 bridgehead atoms.